The third kappa shape index (κ3) is 3.48. The standard InChI is InChI=1S/C14H10F4O2/c15-11-5-4-10(8-19)13(7-11)9-2-1-3-12(6-9)20-14(16,17)18/h1-7,19H,8H2. The molecule has 0 atom stereocenters. The topological polar surface area (TPSA) is 29.5 Å². The average Bonchev–Trinajstić information content (AvgIpc) is 2.37. The molecule has 2 rings (SSSR count). The van der Waals surface area contributed by atoms with E-state index in [2.05, 4.69) is 4.74 Å². The Morgan fingerprint density at radius 1 is 1.05 bits per heavy atom. The van der Waals surface area contributed by atoms with Gasteiger partial charge in [-0.15, -0.1) is 13.2 Å². The zero-order valence-electron chi connectivity index (χ0n) is 10.1. The van der Waals surface area contributed by atoms with Gasteiger partial charge in [0.05, 0.1) is 6.61 Å². The quantitative estimate of drug-likeness (QED) is 0.868. The molecule has 0 bridgehead atoms. The van der Waals surface area contributed by atoms with Gasteiger partial charge in [0, 0.05) is 0 Å². The van der Waals surface area contributed by atoms with Crippen molar-refractivity contribution in [3.63, 3.8) is 0 Å². The van der Waals surface area contributed by atoms with Crippen molar-refractivity contribution < 1.29 is 27.4 Å². The van der Waals surface area contributed by atoms with Gasteiger partial charge in [0.25, 0.3) is 0 Å². The molecule has 2 aromatic rings. The van der Waals surface area contributed by atoms with Crippen molar-refractivity contribution in [2.24, 2.45) is 0 Å². The molecule has 1 N–H and O–H groups in total. The summed E-state index contributed by atoms with van der Waals surface area (Å²) in [6.07, 6.45) is -4.79. The lowest BCUT2D eigenvalue weighted by Gasteiger charge is -2.12. The first kappa shape index (κ1) is 14.3. The Kier molecular flexibility index (Phi) is 3.94. The van der Waals surface area contributed by atoms with Gasteiger partial charge in [-0.3, -0.25) is 0 Å². The summed E-state index contributed by atoms with van der Waals surface area (Å²) in [6, 6.07) is 8.86. The van der Waals surface area contributed by atoms with E-state index in [1.54, 1.807) is 0 Å². The molecular weight excluding hydrogens is 276 g/mol. The smallest absolute Gasteiger partial charge is 0.406 e. The maximum absolute atomic E-state index is 13.2. The molecule has 0 fully saturated rings. The summed E-state index contributed by atoms with van der Waals surface area (Å²) in [4.78, 5) is 0. The highest BCUT2D eigenvalue weighted by molar-refractivity contribution is 5.68. The Morgan fingerprint density at radius 2 is 1.80 bits per heavy atom. The lowest BCUT2D eigenvalue weighted by atomic mass is 10.00. The van der Waals surface area contributed by atoms with Crippen molar-refractivity contribution in [1.29, 1.82) is 0 Å². The lowest BCUT2D eigenvalue weighted by molar-refractivity contribution is -0.274. The summed E-state index contributed by atoms with van der Waals surface area (Å²) in [7, 11) is 0. The first-order valence-electron chi connectivity index (χ1n) is 5.64. The van der Waals surface area contributed by atoms with Crippen LogP contribution in [0.5, 0.6) is 5.75 Å². The van der Waals surface area contributed by atoms with Crippen LogP contribution < -0.4 is 4.74 Å². The molecule has 106 valence electrons. The van der Waals surface area contributed by atoms with E-state index in [9.17, 15) is 22.7 Å². The molecule has 0 aliphatic carbocycles. The van der Waals surface area contributed by atoms with Gasteiger partial charge in [0.15, 0.2) is 0 Å². The number of benzene rings is 2. The van der Waals surface area contributed by atoms with Crippen LogP contribution in [0.2, 0.25) is 0 Å². The molecular formula is C14H10F4O2. The third-order valence-corrected chi connectivity index (χ3v) is 2.62. The summed E-state index contributed by atoms with van der Waals surface area (Å²) >= 11 is 0. The number of hydrogen-bond donors (Lipinski definition) is 1. The molecule has 2 nitrogen and oxygen atoms in total. The molecule has 0 unspecified atom stereocenters. The lowest BCUT2D eigenvalue weighted by Crippen LogP contribution is -2.17. The highest BCUT2D eigenvalue weighted by Crippen LogP contribution is 2.30. The van der Waals surface area contributed by atoms with Gasteiger partial charge >= 0.3 is 6.36 Å². The SMILES string of the molecule is OCc1ccc(F)cc1-c1cccc(OC(F)(F)F)c1. The Balaban J connectivity index is 2.43. The number of halogens is 4. The van der Waals surface area contributed by atoms with Crippen LogP contribution in [0.15, 0.2) is 42.5 Å². The van der Waals surface area contributed by atoms with Gasteiger partial charge in [-0.2, -0.15) is 0 Å². The first-order valence-corrected chi connectivity index (χ1v) is 5.64. The number of aliphatic hydroxyl groups is 1. The van der Waals surface area contributed by atoms with Crippen molar-refractivity contribution >= 4 is 0 Å². The van der Waals surface area contributed by atoms with Crippen molar-refractivity contribution in [1.82, 2.24) is 0 Å². The molecule has 0 spiro atoms. The Morgan fingerprint density at radius 3 is 2.45 bits per heavy atom. The second-order valence-corrected chi connectivity index (χ2v) is 4.04. The van der Waals surface area contributed by atoms with Crippen LogP contribution in [0, 0.1) is 5.82 Å². The van der Waals surface area contributed by atoms with Crippen LogP contribution in [-0.4, -0.2) is 11.5 Å². The fraction of sp³-hybridized carbons (Fsp3) is 0.143. The Labute approximate surface area is 112 Å². The Hall–Kier alpha value is -2.08. The molecule has 0 aliphatic heterocycles. The molecule has 2 aromatic carbocycles. The Bertz CT molecular complexity index is 608. The summed E-state index contributed by atoms with van der Waals surface area (Å²) < 4.78 is 53.5. The van der Waals surface area contributed by atoms with Gasteiger partial charge in [0.1, 0.15) is 11.6 Å². The fourth-order valence-electron chi connectivity index (χ4n) is 1.82. The van der Waals surface area contributed by atoms with E-state index >= 15 is 0 Å². The van der Waals surface area contributed by atoms with Crippen LogP contribution in [0.4, 0.5) is 17.6 Å². The van der Waals surface area contributed by atoms with Crippen LogP contribution >= 0.6 is 0 Å². The maximum atomic E-state index is 13.2. The zero-order chi connectivity index (χ0) is 14.8. The number of ether oxygens (including phenoxy) is 1. The van der Waals surface area contributed by atoms with Gasteiger partial charge in [0.2, 0.25) is 0 Å². The number of aliphatic hydroxyl groups excluding tert-OH is 1. The van der Waals surface area contributed by atoms with E-state index < -0.39 is 17.9 Å². The van der Waals surface area contributed by atoms with E-state index in [1.807, 2.05) is 0 Å². The van der Waals surface area contributed by atoms with Gasteiger partial charge in [-0.1, -0.05) is 18.2 Å². The molecule has 0 aliphatic rings. The van der Waals surface area contributed by atoms with Crippen molar-refractivity contribution in [3.8, 4) is 16.9 Å². The average molecular weight is 286 g/mol. The fourth-order valence-corrected chi connectivity index (χ4v) is 1.82. The van der Waals surface area contributed by atoms with Crippen LogP contribution in [0.1, 0.15) is 5.56 Å². The molecule has 0 amide bonds. The first-order chi connectivity index (χ1) is 9.39. The maximum Gasteiger partial charge on any atom is 0.573 e. The normalized spacial score (nSPS) is 11.4. The van der Waals surface area contributed by atoms with E-state index in [0.29, 0.717) is 16.7 Å². The van der Waals surface area contributed by atoms with Gasteiger partial charge in [-0.05, 0) is 41.0 Å². The summed E-state index contributed by atoms with van der Waals surface area (Å²) in [5.41, 5.74) is 1.06. The van der Waals surface area contributed by atoms with Crippen molar-refractivity contribution in [2.75, 3.05) is 0 Å². The van der Waals surface area contributed by atoms with Gasteiger partial charge < -0.3 is 9.84 Å². The minimum Gasteiger partial charge on any atom is -0.406 e. The van der Waals surface area contributed by atoms with E-state index in [-0.39, 0.29) is 6.61 Å². The number of rotatable bonds is 3. The minimum absolute atomic E-state index is 0.320. The van der Waals surface area contributed by atoms with Gasteiger partial charge in [-0.25, -0.2) is 4.39 Å². The minimum atomic E-state index is -4.79. The number of alkyl halides is 3. The molecule has 0 saturated carbocycles. The van der Waals surface area contributed by atoms with Crippen LogP contribution in [0.3, 0.4) is 0 Å². The monoisotopic (exact) mass is 286 g/mol. The highest BCUT2D eigenvalue weighted by Gasteiger charge is 2.31. The predicted molar refractivity (Wildman–Crippen MR) is 64.4 cm³/mol. The molecule has 0 radical (unpaired) electrons. The highest BCUT2D eigenvalue weighted by atomic mass is 19.4. The van der Waals surface area contributed by atoms with Crippen LogP contribution in [0.25, 0.3) is 11.1 Å². The van der Waals surface area contributed by atoms with Crippen molar-refractivity contribution in [3.05, 3.63) is 53.8 Å². The zero-order valence-corrected chi connectivity index (χ0v) is 10.1. The second-order valence-electron chi connectivity index (χ2n) is 4.04. The number of hydrogen-bond acceptors (Lipinski definition) is 2. The molecule has 0 heterocycles. The summed E-state index contributed by atoms with van der Waals surface area (Å²) in [5.74, 6) is -0.942. The summed E-state index contributed by atoms with van der Waals surface area (Å²) in [6.45, 7) is -0.347. The molecule has 0 aromatic heterocycles. The van der Waals surface area contributed by atoms with Crippen molar-refractivity contribution in [2.45, 2.75) is 13.0 Å². The molecule has 6 heteroatoms. The third-order valence-electron chi connectivity index (χ3n) is 2.62. The van der Waals surface area contributed by atoms with E-state index in [1.165, 1.54) is 24.3 Å². The van der Waals surface area contributed by atoms with Crippen LogP contribution in [-0.2, 0) is 6.61 Å². The summed E-state index contributed by atoms with van der Waals surface area (Å²) in [5, 5.41) is 9.19. The predicted octanol–water partition coefficient (Wildman–Crippen LogP) is 3.88. The van der Waals surface area contributed by atoms with E-state index in [0.717, 1.165) is 18.2 Å². The second kappa shape index (κ2) is 5.50. The molecule has 20 heavy (non-hydrogen) atoms. The largest absolute Gasteiger partial charge is 0.573 e. The molecule has 0 saturated heterocycles. The van der Waals surface area contributed by atoms with E-state index in [4.69, 9.17) is 0 Å².